The van der Waals surface area contributed by atoms with Crippen LogP contribution in [0.3, 0.4) is 0 Å². The molecule has 0 bridgehead atoms. The molecule has 5 nitrogen and oxygen atoms in total. The number of amides is 1. The first-order chi connectivity index (χ1) is 8.61. The van der Waals surface area contributed by atoms with Crippen molar-refractivity contribution < 1.29 is 19.4 Å². The van der Waals surface area contributed by atoms with Gasteiger partial charge in [0.25, 0.3) is 0 Å². The highest BCUT2D eigenvalue weighted by atomic mass is 16.5. The summed E-state index contributed by atoms with van der Waals surface area (Å²) in [7, 11) is 0. The van der Waals surface area contributed by atoms with E-state index in [1.54, 1.807) is 0 Å². The van der Waals surface area contributed by atoms with Crippen molar-refractivity contribution >= 4 is 11.9 Å². The summed E-state index contributed by atoms with van der Waals surface area (Å²) >= 11 is 0. The molecule has 1 atom stereocenters. The van der Waals surface area contributed by atoms with Gasteiger partial charge >= 0.3 is 5.97 Å². The second kappa shape index (κ2) is 5.69. The second-order valence-electron chi connectivity index (χ2n) is 5.40. The van der Waals surface area contributed by atoms with Gasteiger partial charge in [-0.1, -0.05) is 19.3 Å². The van der Waals surface area contributed by atoms with Crippen LogP contribution in [0.25, 0.3) is 0 Å². The van der Waals surface area contributed by atoms with E-state index in [4.69, 9.17) is 9.84 Å². The van der Waals surface area contributed by atoms with E-state index in [-0.39, 0.29) is 18.4 Å². The largest absolute Gasteiger partial charge is 0.481 e. The molecule has 2 fully saturated rings. The minimum absolute atomic E-state index is 0.0193. The average molecular weight is 255 g/mol. The SMILES string of the molecule is O=C(O)CC1(NC(=O)C2CCCO2)CCCCC1. The first kappa shape index (κ1) is 13.3. The van der Waals surface area contributed by atoms with Crippen LogP contribution in [0.1, 0.15) is 51.4 Å². The Labute approximate surface area is 107 Å². The molecule has 1 heterocycles. The monoisotopic (exact) mass is 255 g/mol. The van der Waals surface area contributed by atoms with Crippen molar-refractivity contribution in [2.24, 2.45) is 0 Å². The lowest BCUT2D eigenvalue weighted by Gasteiger charge is -2.37. The third-order valence-corrected chi connectivity index (χ3v) is 3.91. The summed E-state index contributed by atoms with van der Waals surface area (Å²) in [5, 5.41) is 12.0. The van der Waals surface area contributed by atoms with Crippen LogP contribution in [0.15, 0.2) is 0 Å². The Kier molecular flexibility index (Phi) is 4.22. The van der Waals surface area contributed by atoms with Crippen LogP contribution in [-0.4, -0.2) is 35.2 Å². The predicted octanol–water partition coefficient (Wildman–Crippen LogP) is 1.46. The smallest absolute Gasteiger partial charge is 0.305 e. The lowest BCUT2D eigenvalue weighted by molar-refractivity contribution is -0.140. The number of carbonyl (C=O) groups excluding carboxylic acids is 1. The zero-order valence-corrected chi connectivity index (χ0v) is 10.6. The van der Waals surface area contributed by atoms with Gasteiger partial charge in [-0.2, -0.15) is 0 Å². The molecule has 1 saturated carbocycles. The van der Waals surface area contributed by atoms with Crippen LogP contribution in [0, 0.1) is 0 Å². The predicted molar refractivity (Wildman–Crippen MR) is 65.2 cm³/mol. The summed E-state index contributed by atoms with van der Waals surface area (Å²) in [5.41, 5.74) is -0.548. The molecule has 5 heteroatoms. The van der Waals surface area contributed by atoms with Crippen molar-refractivity contribution in [1.29, 1.82) is 0 Å². The number of rotatable bonds is 4. The summed E-state index contributed by atoms with van der Waals surface area (Å²) in [6.45, 7) is 0.629. The third kappa shape index (κ3) is 3.22. The zero-order valence-electron chi connectivity index (χ0n) is 10.6. The fourth-order valence-electron chi connectivity index (χ4n) is 2.99. The molecule has 0 aromatic heterocycles. The van der Waals surface area contributed by atoms with Gasteiger partial charge in [-0.25, -0.2) is 0 Å². The van der Waals surface area contributed by atoms with Crippen LogP contribution in [0.4, 0.5) is 0 Å². The molecular formula is C13H21NO4. The van der Waals surface area contributed by atoms with Gasteiger partial charge in [0, 0.05) is 6.61 Å². The maximum Gasteiger partial charge on any atom is 0.305 e. The topological polar surface area (TPSA) is 75.6 Å². The number of aliphatic carboxylic acids is 1. The Morgan fingerprint density at radius 2 is 1.94 bits per heavy atom. The van der Waals surface area contributed by atoms with Crippen molar-refractivity contribution in [3.8, 4) is 0 Å². The molecule has 1 unspecified atom stereocenters. The molecule has 2 N–H and O–H groups in total. The molecule has 1 aliphatic carbocycles. The Bertz CT molecular complexity index is 317. The maximum atomic E-state index is 12.1. The summed E-state index contributed by atoms with van der Waals surface area (Å²) in [5.74, 6) is -0.972. The van der Waals surface area contributed by atoms with Gasteiger partial charge in [0.1, 0.15) is 6.10 Å². The molecule has 0 aromatic rings. The van der Waals surface area contributed by atoms with E-state index in [9.17, 15) is 9.59 Å². The summed E-state index contributed by atoms with van der Waals surface area (Å²) in [4.78, 5) is 23.1. The van der Waals surface area contributed by atoms with Crippen LogP contribution >= 0.6 is 0 Å². The Morgan fingerprint density at radius 1 is 1.22 bits per heavy atom. The van der Waals surface area contributed by atoms with Crippen molar-refractivity contribution in [1.82, 2.24) is 5.32 Å². The fraction of sp³-hybridized carbons (Fsp3) is 0.846. The highest BCUT2D eigenvalue weighted by molar-refractivity contribution is 5.82. The number of nitrogens with one attached hydrogen (secondary N) is 1. The Balaban J connectivity index is 1.99. The lowest BCUT2D eigenvalue weighted by atomic mass is 9.79. The molecule has 0 aromatic carbocycles. The van der Waals surface area contributed by atoms with Gasteiger partial charge in [-0.15, -0.1) is 0 Å². The van der Waals surface area contributed by atoms with Crippen molar-refractivity contribution in [3.05, 3.63) is 0 Å². The molecule has 0 spiro atoms. The van der Waals surface area contributed by atoms with Crippen molar-refractivity contribution in [2.45, 2.75) is 63.0 Å². The minimum Gasteiger partial charge on any atom is -0.481 e. The van der Waals surface area contributed by atoms with Gasteiger partial charge in [-0.3, -0.25) is 9.59 Å². The molecule has 2 rings (SSSR count). The molecule has 1 aliphatic heterocycles. The summed E-state index contributed by atoms with van der Waals surface area (Å²) in [6, 6.07) is 0. The van der Waals surface area contributed by atoms with Gasteiger partial charge in [0.15, 0.2) is 0 Å². The van der Waals surface area contributed by atoms with Gasteiger partial charge in [0.2, 0.25) is 5.91 Å². The normalized spacial score (nSPS) is 26.8. The summed E-state index contributed by atoms with van der Waals surface area (Å²) < 4.78 is 5.35. The quantitative estimate of drug-likeness (QED) is 0.797. The average Bonchev–Trinajstić information content (AvgIpc) is 2.82. The van der Waals surface area contributed by atoms with E-state index in [1.807, 2.05) is 0 Å². The van der Waals surface area contributed by atoms with Crippen LogP contribution in [0.5, 0.6) is 0 Å². The van der Waals surface area contributed by atoms with Gasteiger partial charge < -0.3 is 15.2 Å². The van der Waals surface area contributed by atoms with Crippen LogP contribution in [-0.2, 0) is 14.3 Å². The van der Waals surface area contributed by atoms with E-state index in [2.05, 4.69) is 5.32 Å². The Morgan fingerprint density at radius 3 is 2.50 bits per heavy atom. The summed E-state index contributed by atoms with van der Waals surface area (Å²) in [6.07, 6.45) is 5.91. The number of carboxylic acids is 1. The lowest BCUT2D eigenvalue weighted by Crippen LogP contribution is -2.53. The maximum absolute atomic E-state index is 12.1. The molecule has 18 heavy (non-hydrogen) atoms. The van der Waals surface area contributed by atoms with E-state index in [0.29, 0.717) is 6.61 Å². The molecule has 102 valence electrons. The highest BCUT2D eigenvalue weighted by Gasteiger charge is 2.38. The standard InChI is InChI=1S/C13H21NO4/c15-11(16)9-13(6-2-1-3-7-13)14-12(17)10-5-4-8-18-10/h10H,1-9H2,(H,14,17)(H,15,16). The number of carbonyl (C=O) groups is 2. The number of ether oxygens (including phenoxy) is 1. The molecule has 1 saturated heterocycles. The number of carboxylic acid groups (broad SMARTS) is 1. The minimum atomic E-state index is -0.843. The molecular weight excluding hydrogens is 234 g/mol. The molecule has 1 amide bonds. The fourth-order valence-corrected chi connectivity index (χ4v) is 2.99. The Hall–Kier alpha value is -1.10. The first-order valence-electron chi connectivity index (χ1n) is 6.77. The van der Waals surface area contributed by atoms with Crippen LogP contribution < -0.4 is 5.32 Å². The van der Waals surface area contributed by atoms with E-state index in [1.165, 1.54) is 0 Å². The highest BCUT2D eigenvalue weighted by Crippen LogP contribution is 2.31. The third-order valence-electron chi connectivity index (χ3n) is 3.91. The van der Waals surface area contributed by atoms with E-state index in [0.717, 1.165) is 44.9 Å². The van der Waals surface area contributed by atoms with Gasteiger partial charge in [0.05, 0.1) is 12.0 Å². The molecule has 0 radical (unpaired) electrons. The van der Waals surface area contributed by atoms with Gasteiger partial charge in [-0.05, 0) is 25.7 Å². The van der Waals surface area contributed by atoms with Crippen LogP contribution in [0.2, 0.25) is 0 Å². The number of hydrogen-bond donors (Lipinski definition) is 2. The first-order valence-corrected chi connectivity index (χ1v) is 6.77. The second-order valence-corrected chi connectivity index (χ2v) is 5.40. The number of hydrogen-bond acceptors (Lipinski definition) is 3. The van der Waals surface area contributed by atoms with Crippen molar-refractivity contribution in [2.75, 3.05) is 6.61 Å². The zero-order chi connectivity index (χ0) is 13.0. The molecule has 2 aliphatic rings. The van der Waals surface area contributed by atoms with Crippen molar-refractivity contribution in [3.63, 3.8) is 0 Å². The van der Waals surface area contributed by atoms with E-state index < -0.39 is 11.5 Å². The van der Waals surface area contributed by atoms with E-state index >= 15 is 0 Å².